The molecule has 0 unspecified atom stereocenters. The summed E-state index contributed by atoms with van der Waals surface area (Å²) < 4.78 is 0. The van der Waals surface area contributed by atoms with Crippen LogP contribution in [0.15, 0.2) is 67.0 Å². The van der Waals surface area contributed by atoms with Crippen LogP contribution in [0.5, 0.6) is 0 Å². The molecule has 113 valence electrons. The Morgan fingerprint density at radius 1 is 1.04 bits per heavy atom. The molecule has 0 atom stereocenters. The molecule has 0 spiro atoms. The highest BCUT2D eigenvalue weighted by atomic mass is 16.1. The third-order valence-corrected chi connectivity index (χ3v) is 3.16. The van der Waals surface area contributed by atoms with Crippen LogP contribution in [0.25, 0.3) is 0 Å². The summed E-state index contributed by atoms with van der Waals surface area (Å²) in [5.74, 6) is 0.351. The van der Waals surface area contributed by atoms with E-state index in [0.717, 1.165) is 11.3 Å². The molecule has 2 N–H and O–H groups in total. The summed E-state index contributed by atoms with van der Waals surface area (Å²) in [6.07, 6.45) is 3.31. The van der Waals surface area contributed by atoms with E-state index >= 15 is 0 Å². The Morgan fingerprint density at radius 2 is 1.91 bits per heavy atom. The summed E-state index contributed by atoms with van der Waals surface area (Å²) in [6.45, 7) is 0.444. The topological polar surface area (TPSA) is 66.9 Å². The summed E-state index contributed by atoms with van der Waals surface area (Å²) >= 11 is 0. The standard InChI is InChI=1S/C18H15N4O/c23-17(21-13-14-6-2-1-3-7-14)15-8-4-9-16(12-15)22-18-19-10-5-11-20-18/h1-6,8-12H,13H2,(H,21,23)(H,19,20,22). The van der Waals surface area contributed by atoms with Crippen molar-refractivity contribution >= 4 is 17.5 Å². The van der Waals surface area contributed by atoms with E-state index in [1.807, 2.05) is 36.4 Å². The van der Waals surface area contributed by atoms with Gasteiger partial charge in [-0.25, -0.2) is 9.97 Å². The number of nitrogens with one attached hydrogen (secondary N) is 2. The van der Waals surface area contributed by atoms with Crippen molar-refractivity contribution in [3.05, 3.63) is 84.2 Å². The Balaban J connectivity index is 1.65. The van der Waals surface area contributed by atoms with Gasteiger partial charge in [-0.1, -0.05) is 30.3 Å². The molecular weight excluding hydrogens is 288 g/mol. The summed E-state index contributed by atoms with van der Waals surface area (Å²) in [6, 6.07) is 19.6. The van der Waals surface area contributed by atoms with Gasteiger partial charge in [0, 0.05) is 30.2 Å². The molecule has 0 saturated heterocycles. The van der Waals surface area contributed by atoms with Crippen LogP contribution >= 0.6 is 0 Å². The van der Waals surface area contributed by atoms with Gasteiger partial charge in [0.25, 0.3) is 5.91 Å². The molecule has 1 heterocycles. The number of rotatable bonds is 5. The fourth-order valence-electron chi connectivity index (χ4n) is 2.05. The Hall–Kier alpha value is -3.21. The van der Waals surface area contributed by atoms with Gasteiger partial charge in [0.05, 0.1) is 0 Å². The largest absolute Gasteiger partial charge is 0.348 e. The first-order chi connectivity index (χ1) is 11.3. The van der Waals surface area contributed by atoms with Crippen molar-refractivity contribution < 1.29 is 4.79 Å². The molecule has 0 aliphatic carbocycles. The average Bonchev–Trinajstić information content (AvgIpc) is 2.62. The van der Waals surface area contributed by atoms with Gasteiger partial charge in [0.15, 0.2) is 0 Å². The fraction of sp³-hybridized carbons (Fsp3) is 0.0556. The molecule has 0 aliphatic rings. The van der Waals surface area contributed by atoms with Crippen LogP contribution < -0.4 is 10.6 Å². The third-order valence-electron chi connectivity index (χ3n) is 3.16. The van der Waals surface area contributed by atoms with Crippen LogP contribution in [0.2, 0.25) is 0 Å². The van der Waals surface area contributed by atoms with Crippen LogP contribution in [-0.4, -0.2) is 15.9 Å². The van der Waals surface area contributed by atoms with Gasteiger partial charge in [-0.15, -0.1) is 0 Å². The van der Waals surface area contributed by atoms with Crippen molar-refractivity contribution in [2.45, 2.75) is 6.54 Å². The summed E-state index contributed by atoms with van der Waals surface area (Å²) in [5, 5.41) is 5.94. The molecule has 0 aliphatic heterocycles. The number of aromatic nitrogens is 2. The molecule has 3 rings (SSSR count). The zero-order chi connectivity index (χ0) is 15.9. The van der Waals surface area contributed by atoms with Gasteiger partial charge in [0.1, 0.15) is 0 Å². The monoisotopic (exact) mass is 303 g/mol. The van der Waals surface area contributed by atoms with E-state index in [1.165, 1.54) is 0 Å². The fourth-order valence-corrected chi connectivity index (χ4v) is 2.05. The number of carbonyl (C=O) groups excluding carboxylic acids is 1. The van der Waals surface area contributed by atoms with E-state index in [0.29, 0.717) is 18.1 Å². The highest BCUT2D eigenvalue weighted by Crippen LogP contribution is 2.14. The lowest BCUT2D eigenvalue weighted by Crippen LogP contribution is -2.22. The number of hydrogen-bond donors (Lipinski definition) is 2. The Labute approximate surface area is 134 Å². The number of anilines is 2. The maximum atomic E-state index is 12.2. The maximum Gasteiger partial charge on any atom is 0.251 e. The van der Waals surface area contributed by atoms with E-state index < -0.39 is 0 Å². The van der Waals surface area contributed by atoms with Crippen molar-refractivity contribution in [3.63, 3.8) is 0 Å². The first kappa shape index (κ1) is 14.7. The van der Waals surface area contributed by atoms with Gasteiger partial charge in [0.2, 0.25) is 5.95 Å². The first-order valence-electron chi connectivity index (χ1n) is 7.19. The van der Waals surface area contributed by atoms with Crippen LogP contribution in [0.4, 0.5) is 11.6 Å². The van der Waals surface area contributed by atoms with E-state index in [9.17, 15) is 4.79 Å². The van der Waals surface area contributed by atoms with Gasteiger partial charge in [-0.05, 0) is 35.9 Å². The van der Waals surface area contributed by atoms with Crippen molar-refractivity contribution in [3.8, 4) is 0 Å². The molecule has 0 bridgehead atoms. The minimum Gasteiger partial charge on any atom is -0.348 e. The van der Waals surface area contributed by atoms with Crippen molar-refractivity contribution in [1.29, 1.82) is 0 Å². The number of carbonyl (C=O) groups is 1. The van der Waals surface area contributed by atoms with Gasteiger partial charge in [-0.2, -0.15) is 0 Å². The third kappa shape index (κ3) is 4.14. The summed E-state index contributed by atoms with van der Waals surface area (Å²) in [4.78, 5) is 20.4. The van der Waals surface area contributed by atoms with Crippen molar-refractivity contribution in [2.24, 2.45) is 0 Å². The molecule has 1 aromatic heterocycles. The summed E-state index contributed by atoms with van der Waals surface area (Å²) in [7, 11) is 0. The predicted octanol–water partition coefficient (Wildman–Crippen LogP) is 2.95. The Bertz CT molecular complexity index is 775. The Kier molecular flexibility index (Phi) is 4.59. The van der Waals surface area contributed by atoms with Crippen molar-refractivity contribution in [1.82, 2.24) is 15.3 Å². The molecule has 2 aromatic carbocycles. The molecule has 23 heavy (non-hydrogen) atoms. The second kappa shape index (κ2) is 7.17. The zero-order valence-electron chi connectivity index (χ0n) is 12.4. The summed E-state index contributed by atoms with van der Waals surface area (Å²) in [5.41, 5.74) is 2.27. The second-order valence-corrected chi connectivity index (χ2v) is 4.85. The van der Waals surface area contributed by atoms with Crippen LogP contribution in [-0.2, 0) is 6.54 Å². The second-order valence-electron chi connectivity index (χ2n) is 4.85. The van der Waals surface area contributed by atoms with Gasteiger partial charge in [-0.3, -0.25) is 4.79 Å². The van der Waals surface area contributed by atoms with Crippen LogP contribution in [0.3, 0.4) is 0 Å². The maximum absolute atomic E-state index is 12.2. The molecule has 3 aromatic rings. The van der Waals surface area contributed by atoms with Crippen molar-refractivity contribution in [2.75, 3.05) is 5.32 Å². The number of nitrogens with zero attached hydrogens (tertiary/aromatic N) is 2. The van der Waals surface area contributed by atoms with E-state index in [-0.39, 0.29) is 5.91 Å². The average molecular weight is 303 g/mol. The molecule has 1 amide bonds. The van der Waals surface area contributed by atoms with E-state index in [1.54, 1.807) is 30.6 Å². The SMILES string of the molecule is O=C(NCc1[c]cccc1)c1cccc(Nc2ncccn2)c1. The molecular formula is C18H15N4O. The molecule has 0 saturated carbocycles. The predicted molar refractivity (Wildman–Crippen MR) is 88.2 cm³/mol. The zero-order valence-corrected chi connectivity index (χ0v) is 12.4. The molecule has 0 fully saturated rings. The molecule has 5 nitrogen and oxygen atoms in total. The van der Waals surface area contributed by atoms with Crippen LogP contribution in [0.1, 0.15) is 15.9 Å². The Morgan fingerprint density at radius 3 is 2.70 bits per heavy atom. The number of hydrogen-bond acceptors (Lipinski definition) is 4. The lowest BCUT2D eigenvalue weighted by atomic mass is 10.1. The normalized spacial score (nSPS) is 10.1. The smallest absolute Gasteiger partial charge is 0.251 e. The lowest BCUT2D eigenvalue weighted by molar-refractivity contribution is 0.0951. The van der Waals surface area contributed by atoms with Gasteiger partial charge >= 0.3 is 0 Å². The van der Waals surface area contributed by atoms with Gasteiger partial charge < -0.3 is 10.6 Å². The minimum atomic E-state index is -0.139. The molecule has 5 heteroatoms. The quantitative estimate of drug-likeness (QED) is 0.760. The van der Waals surface area contributed by atoms with Crippen LogP contribution in [0, 0.1) is 6.07 Å². The first-order valence-corrected chi connectivity index (χ1v) is 7.19. The van der Waals surface area contributed by atoms with E-state index in [4.69, 9.17) is 0 Å². The minimum absolute atomic E-state index is 0.139. The van der Waals surface area contributed by atoms with E-state index in [2.05, 4.69) is 26.7 Å². The highest BCUT2D eigenvalue weighted by Gasteiger charge is 2.06. The lowest BCUT2D eigenvalue weighted by Gasteiger charge is -2.08. The number of benzene rings is 2. The number of amides is 1. The highest BCUT2D eigenvalue weighted by molar-refractivity contribution is 5.95. The molecule has 1 radical (unpaired) electrons.